The van der Waals surface area contributed by atoms with Gasteiger partial charge in [-0.2, -0.15) is 0 Å². The molecule has 38 heavy (non-hydrogen) atoms. The number of aromatic amines is 1. The first-order valence-corrected chi connectivity index (χ1v) is 14.3. The third kappa shape index (κ3) is 4.92. The Bertz CT molecular complexity index is 1720. The van der Waals surface area contributed by atoms with Crippen molar-refractivity contribution in [2.24, 2.45) is 5.92 Å². The fourth-order valence-electron chi connectivity index (χ4n) is 5.22. The number of nitrogens with zero attached hydrogens (tertiary/aromatic N) is 1. The van der Waals surface area contributed by atoms with Crippen molar-refractivity contribution in [1.82, 2.24) is 14.7 Å². The van der Waals surface area contributed by atoms with E-state index < -0.39 is 10.0 Å². The fourth-order valence-corrected chi connectivity index (χ4v) is 6.54. The van der Waals surface area contributed by atoms with Gasteiger partial charge in [0.1, 0.15) is 5.82 Å². The molecule has 0 radical (unpaired) electrons. The minimum Gasteiger partial charge on any atom is -0.338 e. The van der Waals surface area contributed by atoms with Gasteiger partial charge in [-0.15, -0.1) is 0 Å². The van der Waals surface area contributed by atoms with Crippen molar-refractivity contribution in [3.63, 3.8) is 0 Å². The van der Waals surface area contributed by atoms with Gasteiger partial charge in [-0.3, -0.25) is 4.79 Å². The van der Waals surface area contributed by atoms with E-state index in [1.54, 1.807) is 18.2 Å². The molecule has 0 unspecified atom stereocenters. The van der Waals surface area contributed by atoms with E-state index in [1.807, 2.05) is 72.8 Å². The molecule has 5 aromatic rings. The van der Waals surface area contributed by atoms with Crippen LogP contribution in [-0.4, -0.2) is 30.3 Å². The van der Waals surface area contributed by atoms with Crippen LogP contribution in [0.15, 0.2) is 95.9 Å². The molecule has 0 bridgehead atoms. The zero-order valence-electron chi connectivity index (χ0n) is 20.7. The van der Waals surface area contributed by atoms with Gasteiger partial charge in [0, 0.05) is 28.6 Å². The van der Waals surface area contributed by atoms with E-state index in [0.717, 1.165) is 27.5 Å². The predicted octanol–water partition coefficient (Wildman–Crippen LogP) is 5.86. The number of carbonyl (C=O) groups is 1. The number of nitrogens with one attached hydrogen (secondary N) is 3. The Kier molecular flexibility index (Phi) is 6.43. The molecular formula is C30H28N4O3S. The maximum Gasteiger partial charge on any atom is 0.240 e. The minimum atomic E-state index is -3.72. The molecule has 0 spiro atoms. The molecule has 1 aliphatic rings. The molecule has 1 fully saturated rings. The third-order valence-electron chi connectivity index (χ3n) is 7.28. The topological polar surface area (TPSA) is 104 Å². The van der Waals surface area contributed by atoms with Gasteiger partial charge in [-0.1, -0.05) is 66.7 Å². The predicted molar refractivity (Wildman–Crippen MR) is 150 cm³/mol. The van der Waals surface area contributed by atoms with Crippen molar-refractivity contribution in [2.75, 3.05) is 5.32 Å². The van der Waals surface area contributed by atoms with Gasteiger partial charge in [0.2, 0.25) is 15.9 Å². The number of imidazole rings is 1. The quantitative estimate of drug-likeness (QED) is 0.259. The Morgan fingerprint density at radius 1 is 0.842 bits per heavy atom. The van der Waals surface area contributed by atoms with Crippen LogP contribution in [0, 0.1) is 5.92 Å². The Balaban J connectivity index is 1.10. The lowest BCUT2D eigenvalue weighted by atomic mass is 9.86. The molecule has 1 aromatic heterocycles. The summed E-state index contributed by atoms with van der Waals surface area (Å²) in [5.41, 5.74) is 3.12. The highest BCUT2D eigenvalue weighted by molar-refractivity contribution is 7.89. The Morgan fingerprint density at radius 3 is 2.39 bits per heavy atom. The minimum absolute atomic E-state index is 0.0131. The highest BCUT2D eigenvalue weighted by Crippen LogP contribution is 2.29. The van der Waals surface area contributed by atoms with Gasteiger partial charge < -0.3 is 10.3 Å². The van der Waals surface area contributed by atoms with E-state index in [-0.39, 0.29) is 22.8 Å². The van der Waals surface area contributed by atoms with E-state index in [4.69, 9.17) is 0 Å². The molecule has 1 heterocycles. The third-order valence-corrected chi connectivity index (χ3v) is 8.80. The molecule has 1 saturated carbocycles. The Labute approximate surface area is 221 Å². The summed E-state index contributed by atoms with van der Waals surface area (Å²) in [5, 5.41) is 5.17. The number of carbonyl (C=O) groups excluding carboxylic acids is 1. The zero-order valence-corrected chi connectivity index (χ0v) is 21.5. The summed E-state index contributed by atoms with van der Waals surface area (Å²) in [6, 6.07) is 28.3. The van der Waals surface area contributed by atoms with Crippen molar-refractivity contribution >= 4 is 43.4 Å². The summed E-state index contributed by atoms with van der Waals surface area (Å²) in [6.45, 7) is 0. The number of H-pyrrole nitrogens is 1. The second-order valence-electron chi connectivity index (χ2n) is 9.82. The van der Waals surface area contributed by atoms with E-state index in [9.17, 15) is 13.2 Å². The number of hydrogen-bond donors (Lipinski definition) is 3. The highest BCUT2D eigenvalue weighted by atomic mass is 32.2. The normalized spacial score (nSPS) is 18.0. The first-order valence-electron chi connectivity index (χ1n) is 12.8. The molecule has 1 aliphatic carbocycles. The SMILES string of the molecule is O=C(Nc1cccc2ccccc12)[C@H]1CC[C@H](NS(=O)(=O)c2ccc3[nH]c(-c4ccccc4)nc3c2)CC1. The summed E-state index contributed by atoms with van der Waals surface area (Å²) in [5.74, 6) is 0.538. The summed E-state index contributed by atoms with van der Waals surface area (Å²) >= 11 is 0. The van der Waals surface area contributed by atoms with Gasteiger partial charge in [0.15, 0.2) is 0 Å². The number of benzene rings is 4. The number of rotatable bonds is 6. The summed E-state index contributed by atoms with van der Waals surface area (Å²) in [4.78, 5) is 21.0. The van der Waals surface area contributed by atoms with Crippen LogP contribution in [0.4, 0.5) is 5.69 Å². The summed E-state index contributed by atoms with van der Waals surface area (Å²) in [6.07, 6.45) is 2.47. The zero-order chi connectivity index (χ0) is 26.1. The number of hydrogen-bond acceptors (Lipinski definition) is 4. The van der Waals surface area contributed by atoms with Crippen molar-refractivity contribution in [3.05, 3.63) is 91.0 Å². The lowest BCUT2D eigenvalue weighted by Crippen LogP contribution is -2.39. The lowest BCUT2D eigenvalue weighted by molar-refractivity contribution is -0.120. The molecule has 8 heteroatoms. The maximum absolute atomic E-state index is 13.2. The molecular weight excluding hydrogens is 496 g/mol. The van der Waals surface area contributed by atoms with Crippen LogP contribution >= 0.6 is 0 Å². The van der Waals surface area contributed by atoms with E-state index in [0.29, 0.717) is 37.0 Å². The van der Waals surface area contributed by atoms with Crippen LogP contribution in [0.1, 0.15) is 25.7 Å². The van der Waals surface area contributed by atoms with Crippen molar-refractivity contribution in [1.29, 1.82) is 0 Å². The molecule has 0 atom stereocenters. The average molecular weight is 525 g/mol. The van der Waals surface area contributed by atoms with Crippen LogP contribution < -0.4 is 10.0 Å². The van der Waals surface area contributed by atoms with Gasteiger partial charge in [-0.05, 0) is 55.3 Å². The summed E-state index contributed by atoms with van der Waals surface area (Å²) in [7, 11) is -3.72. The maximum atomic E-state index is 13.2. The second kappa shape index (κ2) is 10.0. The van der Waals surface area contributed by atoms with Crippen LogP contribution in [0.2, 0.25) is 0 Å². The number of anilines is 1. The van der Waals surface area contributed by atoms with Crippen LogP contribution in [0.25, 0.3) is 33.2 Å². The van der Waals surface area contributed by atoms with Crippen LogP contribution in [-0.2, 0) is 14.8 Å². The molecule has 0 saturated heterocycles. The van der Waals surface area contributed by atoms with Crippen LogP contribution in [0.5, 0.6) is 0 Å². The van der Waals surface area contributed by atoms with Gasteiger partial charge in [0.05, 0.1) is 15.9 Å². The molecule has 0 aliphatic heterocycles. The Morgan fingerprint density at radius 2 is 1.58 bits per heavy atom. The largest absolute Gasteiger partial charge is 0.338 e. The van der Waals surface area contributed by atoms with E-state index in [1.165, 1.54) is 0 Å². The van der Waals surface area contributed by atoms with Crippen molar-refractivity contribution in [2.45, 2.75) is 36.6 Å². The molecule has 3 N–H and O–H groups in total. The number of fused-ring (bicyclic) bond motifs is 2. The Hall–Kier alpha value is -4.01. The van der Waals surface area contributed by atoms with Gasteiger partial charge in [-0.25, -0.2) is 18.1 Å². The molecule has 192 valence electrons. The van der Waals surface area contributed by atoms with Gasteiger partial charge in [0.25, 0.3) is 0 Å². The molecule has 1 amide bonds. The molecule has 6 rings (SSSR count). The fraction of sp³-hybridized carbons (Fsp3) is 0.200. The standard InChI is InChI=1S/C30H28N4O3S/c35-30(33-26-12-6-10-20-7-4-5-11-25(20)26)22-13-15-23(16-14-22)34-38(36,37)24-17-18-27-28(19-24)32-29(31-27)21-8-2-1-3-9-21/h1-12,17-19,22-23,34H,13-16H2,(H,31,32)(H,33,35)/t22-,23-. The van der Waals surface area contributed by atoms with E-state index >= 15 is 0 Å². The number of aromatic nitrogens is 2. The number of amides is 1. The average Bonchev–Trinajstić information content (AvgIpc) is 3.38. The molecule has 7 nitrogen and oxygen atoms in total. The summed E-state index contributed by atoms with van der Waals surface area (Å²) < 4.78 is 29.2. The monoisotopic (exact) mass is 524 g/mol. The van der Waals surface area contributed by atoms with Gasteiger partial charge >= 0.3 is 0 Å². The first kappa shape index (κ1) is 24.3. The second-order valence-corrected chi connectivity index (χ2v) is 11.5. The van der Waals surface area contributed by atoms with E-state index in [2.05, 4.69) is 20.0 Å². The van der Waals surface area contributed by atoms with Crippen molar-refractivity contribution in [3.8, 4) is 11.4 Å². The highest BCUT2D eigenvalue weighted by Gasteiger charge is 2.29. The first-order chi connectivity index (χ1) is 18.5. The molecule has 4 aromatic carbocycles. The lowest BCUT2D eigenvalue weighted by Gasteiger charge is -2.28. The smallest absolute Gasteiger partial charge is 0.240 e. The van der Waals surface area contributed by atoms with Crippen LogP contribution in [0.3, 0.4) is 0 Å². The van der Waals surface area contributed by atoms with Crippen molar-refractivity contribution < 1.29 is 13.2 Å². The number of sulfonamides is 1.